The van der Waals surface area contributed by atoms with Gasteiger partial charge in [0, 0.05) is 11.4 Å². The summed E-state index contributed by atoms with van der Waals surface area (Å²) in [6, 6.07) is 0. The molecule has 0 saturated carbocycles. The molecule has 2 rings (SSSR count). The minimum atomic E-state index is 0.172. The van der Waals surface area contributed by atoms with Gasteiger partial charge in [0.2, 0.25) is 0 Å². The van der Waals surface area contributed by atoms with Crippen LogP contribution in [0.4, 0.5) is 5.82 Å². The summed E-state index contributed by atoms with van der Waals surface area (Å²) < 4.78 is 0. The van der Waals surface area contributed by atoms with Crippen LogP contribution < -0.4 is 11.1 Å². The van der Waals surface area contributed by atoms with E-state index in [4.69, 9.17) is 5.73 Å². The van der Waals surface area contributed by atoms with Crippen molar-refractivity contribution in [2.45, 2.75) is 34.1 Å². The fraction of sp³-hybridized carbons (Fsp3) is 0.571. The Morgan fingerprint density at radius 2 is 2.05 bits per heavy atom. The Labute approximate surface area is 118 Å². The summed E-state index contributed by atoms with van der Waals surface area (Å²) in [5.74, 6) is 0.942. The SMILES string of the molecule is Cc1sc2ncnc(NCC(C)(C)CCN)c2c1C. The van der Waals surface area contributed by atoms with Gasteiger partial charge in [-0.25, -0.2) is 9.97 Å². The molecule has 0 radical (unpaired) electrons. The molecule has 3 N–H and O–H groups in total. The standard InChI is InChI=1S/C14H22N4S/c1-9-10(2)19-13-11(9)12(17-8-18-13)16-7-14(3,4)5-6-15/h8H,5-7,15H2,1-4H3,(H,16,17,18). The summed E-state index contributed by atoms with van der Waals surface area (Å²) in [7, 11) is 0. The lowest BCUT2D eigenvalue weighted by molar-refractivity contribution is 0.365. The van der Waals surface area contributed by atoms with Gasteiger partial charge in [0.05, 0.1) is 5.39 Å². The van der Waals surface area contributed by atoms with Crippen LogP contribution in [-0.4, -0.2) is 23.1 Å². The highest BCUT2D eigenvalue weighted by atomic mass is 32.1. The zero-order chi connectivity index (χ0) is 14.0. The van der Waals surface area contributed by atoms with Gasteiger partial charge in [-0.2, -0.15) is 0 Å². The molecular weight excluding hydrogens is 256 g/mol. The van der Waals surface area contributed by atoms with Gasteiger partial charge in [0.15, 0.2) is 0 Å². The molecule has 0 aromatic carbocycles. The highest BCUT2D eigenvalue weighted by molar-refractivity contribution is 7.18. The van der Waals surface area contributed by atoms with E-state index in [1.807, 2.05) is 0 Å². The van der Waals surface area contributed by atoms with Gasteiger partial charge in [0.25, 0.3) is 0 Å². The minimum Gasteiger partial charge on any atom is -0.369 e. The van der Waals surface area contributed by atoms with E-state index in [-0.39, 0.29) is 5.41 Å². The van der Waals surface area contributed by atoms with E-state index in [2.05, 4.69) is 43.0 Å². The number of nitrogens with zero attached hydrogens (tertiary/aromatic N) is 2. The van der Waals surface area contributed by atoms with Crippen molar-refractivity contribution in [3.05, 3.63) is 16.8 Å². The van der Waals surface area contributed by atoms with Gasteiger partial charge in [-0.1, -0.05) is 13.8 Å². The number of nitrogens with two attached hydrogens (primary N) is 1. The monoisotopic (exact) mass is 278 g/mol. The second-order valence-corrected chi connectivity index (χ2v) is 6.95. The summed E-state index contributed by atoms with van der Waals surface area (Å²) in [6.45, 7) is 10.3. The lowest BCUT2D eigenvalue weighted by Crippen LogP contribution is -2.26. The van der Waals surface area contributed by atoms with Crippen LogP contribution in [0.1, 0.15) is 30.7 Å². The third kappa shape index (κ3) is 3.04. The van der Waals surface area contributed by atoms with E-state index >= 15 is 0 Å². The maximum absolute atomic E-state index is 5.65. The summed E-state index contributed by atoms with van der Waals surface area (Å²) in [4.78, 5) is 11.1. The highest BCUT2D eigenvalue weighted by Crippen LogP contribution is 2.33. The summed E-state index contributed by atoms with van der Waals surface area (Å²) in [5.41, 5.74) is 7.10. The van der Waals surface area contributed by atoms with Gasteiger partial charge in [-0.15, -0.1) is 11.3 Å². The number of rotatable bonds is 5. The van der Waals surface area contributed by atoms with E-state index in [1.54, 1.807) is 17.7 Å². The topological polar surface area (TPSA) is 63.8 Å². The molecule has 0 aliphatic carbocycles. The molecule has 0 amide bonds. The van der Waals surface area contributed by atoms with Crippen molar-refractivity contribution >= 4 is 27.4 Å². The van der Waals surface area contributed by atoms with E-state index in [1.165, 1.54) is 10.4 Å². The summed E-state index contributed by atoms with van der Waals surface area (Å²) >= 11 is 1.73. The van der Waals surface area contributed by atoms with Crippen LogP contribution in [-0.2, 0) is 0 Å². The maximum Gasteiger partial charge on any atom is 0.138 e. The zero-order valence-corrected chi connectivity index (χ0v) is 12.9. The van der Waals surface area contributed by atoms with Crippen molar-refractivity contribution in [1.82, 2.24) is 9.97 Å². The molecule has 2 heterocycles. The number of hydrogen-bond donors (Lipinski definition) is 2. The minimum absolute atomic E-state index is 0.172. The van der Waals surface area contributed by atoms with Crippen LogP contribution in [0.5, 0.6) is 0 Å². The number of anilines is 1. The quantitative estimate of drug-likeness (QED) is 0.882. The third-order valence-electron chi connectivity index (χ3n) is 3.52. The van der Waals surface area contributed by atoms with Crippen LogP contribution in [0.25, 0.3) is 10.2 Å². The number of nitrogens with one attached hydrogen (secondary N) is 1. The number of aromatic nitrogens is 2. The van der Waals surface area contributed by atoms with Crippen LogP contribution in [0.2, 0.25) is 0 Å². The molecule has 4 nitrogen and oxygen atoms in total. The van der Waals surface area contributed by atoms with Crippen molar-refractivity contribution in [2.75, 3.05) is 18.4 Å². The van der Waals surface area contributed by atoms with Crippen LogP contribution >= 0.6 is 11.3 Å². The molecular formula is C14H22N4S. The fourth-order valence-electron chi connectivity index (χ4n) is 2.12. The van der Waals surface area contributed by atoms with Crippen molar-refractivity contribution in [3.8, 4) is 0 Å². The van der Waals surface area contributed by atoms with Gasteiger partial charge in [0.1, 0.15) is 17.0 Å². The normalized spacial score (nSPS) is 12.1. The van der Waals surface area contributed by atoms with E-state index in [0.717, 1.165) is 29.0 Å². The predicted octanol–water partition coefficient (Wildman–Crippen LogP) is 3.10. The lowest BCUT2D eigenvalue weighted by atomic mass is 9.89. The summed E-state index contributed by atoms with van der Waals surface area (Å²) in [5, 5.41) is 4.63. The molecule has 0 bridgehead atoms. The second kappa shape index (κ2) is 5.43. The van der Waals surface area contributed by atoms with Crippen LogP contribution in [0.15, 0.2) is 6.33 Å². The molecule has 19 heavy (non-hydrogen) atoms. The molecule has 2 aromatic rings. The zero-order valence-electron chi connectivity index (χ0n) is 12.1. The molecule has 5 heteroatoms. The first kappa shape index (κ1) is 14.2. The summed E-state index contributed by atoms with van der Waals surface area (Å²) in [6.07, 6.45) is 2.63. The second-order valence-electron chi connectivity index (χ2n) is 5.74. The molecule has 104 valence electrons. The maximum atomic E-state index is 5.65. The smallest absolute Gasteiger partial charge is 0.138 e. The lowest BCUT2D eigenvalue weighted by Gasteiger charge is -2.24. The van der Waals surface area contributed by atoms with E-state index in [0.29, 0.717) is 6.54 Å². The van der Waals surface area contributed by atoms with Crippen molar-refractivity contribution in [1.29, 1.82) is 0 Å². The van der Waals surface area contributed by atoms with Gasteiger partial charge < -0.3 is 11.1 Å². The molecule has 0 aliphatic rings. The predicted molar refractivity (Wildman–Crippen MR) is 82.8 cm³/mol. The first-order valence-electron chi connectivity index (χ1n) is 6.59. The molecule has 0 unspecified atom stereocenters. The molecule has 0 saturated heterocycles. The molecule has 0 atom stereocenters. The first-order valence-corrected chi connectivity index (χ1v) is 7.41. The van der Waals surface area contributed by atoms with Gasteiger partial charge in [-0.3, -0.25) is 0 Å². The number of aryl methyl sites for hydroxylation is 2. The highest BCUT2D eigenvalue weighted by Gasteiger charge is 2.18. The average Bonchev–Trinajstić information content (AvgIpc) is 2.63. The van der Waals surface area contributed by atoms with Crippen molar-refractivity contribution in [2.24, 2.45) is 11.1 Å². The Morgan fingerprint density at radius 1 is 1.32 bits per heavy atom. The van der Waals surface area contributed by atoms with E-state index in [9.17, 15) is 0 Å². The van der Waals surface area contributed by atoms with Crippen LogP contribution in [0, 0.1) is 19.3 Å². The fourth-order valence-corrected chi connectivity index (χ4v) is 3.12. The molecule has 0 fully saturated rings. The van der Waals surface area contributed by atoms with Crippen molar-refractivity contribution in [3.63, 3.8) is 0 Å². The number of thiophene rings is 1. The average molecular weight is 278 g/mol. The Kier molecular flexibility index (Phi) is 4.06. The van der Waals surface area contributed by atoms with Crippen molar-refractivity contribution < 1.29 is 0 Å². The molecule has 0 spiro atoms. The Hall–Kier alpha value is -1.20. The first-order chi connectivity index (χ1) is 8.94. The Bertz CT molecular complexity index is 574. The third-order valence-corrected chi connectivity index (χ3v) is 4.64. The van der Waals surface area contributed by atoms with Gasteiger partial charge in [-0.05, 0) is 37.8 Å². The Morgan fingerprint density at radius 3 is 2.74 bits per heavy atom. The van der Waals surface area contributed by atoms with Gasteiger partial charge >= 0.3 is 0 Å². The molecule has 0 aliphatic heterocycles. The van der Waals surface area contributed by atoms with Crippen LogP contribution in [0.3, 0.4) is 0 Å². The Balaban J connectivity index is 2.26. The van der Waals surface area contributed by atoms with E-state index < -0.39 is 0 Å². The number of hydrogen-bond acceptors (Lipinski definition) is 5. The largest absolute Gasteiger partial charge is 0.369 e. The number of fused-ring (bicyclic) bond motifs is 1. The molecule has 2 aromatic heterocycles.